The number of halogens is 1. The van der Waals surface area contributed by atoms with Crippen molar-refractivity contribution in [3.05, 3.63) is 77.0 Å². The summed E-state index contributed by atoms with van der Waals surface area (Å²) in [4.78, 5) is 23.1. The van der Waals surface area contributed by atoms with Gasteiger partial charge in [-0.1, -0.05) is 38.1 Å². The van der Waals surface area contributed by atoms with E-state index in [4.69, 9.17) is 5.73 Å². The van der Waals surface area contributed by atoms with Crippen LogP contribution in [0, 0.1) is 11.7 Å². The number of carbonyl (C=O) groups is 1. The summed E-state index contributed by atoms with van der Waals surface area (Å²) < 4.78 is 15.3. The molecule has 0 saturated carbocycles. The van der Waals surface area contributed by atoms with Crippen molar-refractivity contribution in [2.45, 2.75) is 33.6 Å². The van der Waals surface area contributed by atoms with Gasteiger partial charge in [0.2, 0.25) is 0 Å². The number of allylic oxidation sites excluding steroid dienone is 4. The van der Waals surface area contributed by atoms with Gasteiger partial charge >= 0.3 is 0 Å². The minimum atomic E-state index is -0.593. The standard InChI is InChI=1S/C25H31FN4O2/c1-5-8-9-18(7-3)24(32)19-10-11-20(21(26)14-19)22(29-15-17(6-2)16-31)23-25(27)28-12-13-30(23)4/h5,8-15,17,31H,6-7,16H2,1-4H3,(H2,27,28)/b8-5-,18-9+,23-22-,29-15?/t17-/m0/s1. The van der Waals surface area contributed by atoms with Crippen LogP contribution in [0.25, 0.3) is 5.70 Å². The lowest BCUT2D eigenvalue weighted by Crippen LogP contribution is -2.28. The Morgan fingerprint density at radius 3 is 2.69 bits per heavy atom. The number of nitrogens with two attached hydrogens (primary N) is 1. The molecule has 3 N–H and O–H groups in total. The highest BCUT2D eigenvalue weighted by Crippen LogP contribution is 2.28. The first-order valence-corrected chi connectivity index (χ1v) is 10.7. The molecular formula is C25H31FN4O2. The lowest BCUT2D eigenvalue weighted by atomic mass is 9.98. The molecule has 1 atom stereocenters. The topological polar surface area (TPSA) is 91.3 Å². The molecule has 0 aromatic heterocycles. The van der Waals surface area contributed by atoms with E-state index in [0.717, 1.165) is 0 Å². The highest BCUT2D eigenvalue weighted by Gasteiger charge is 2.22. The Hall–Kier alpha value is -3.32. The van der Waals surface area contributed by atoms with Crippen molar-refractivity contribution < 1.29 is 14.3 Å². The van der Waals surface area contributed by atoms with Crippen molar-refractivity contribution in [2.75, 3.05) is 13.7 Å². The fourth-order valence-electron chi connectivity index (χ4n) is 3.14. The first-order valence-electron chi connectivity index (χ1n) is 10.7. The number of nitrogens with zero attached hydrogens (tertiary/aromatic N) is 3. The van der Waals surface area contributed by atoms with E-state index in [0.29, 0.717) is 24.1 Å². The fourth-order valence-corrected chi connectivity index (χ4v) is 3.14. The van der Waals surface area contributed by atoms with Crippen LogP contribution in [0.15, 0.2) is 70.1 Å². The van der Waals surface area contributed by atoms with Crippen LogP contribution in [0.1, 0.15) is 49.5 Å². The van der Waals surface area contributed by atoms with Crippen molar-refractivity contribution in [1.29, 1.82) is 0 Å². The van der Waals surface area contributed by atoms with Gasteiger partial charge in [-0.2, -0.15) is 0 Å². The lowest BCUT2D eigenvalue weighted by molar-refractivity contribution is 0.103. The van der Waals surface area contributed by atoms with Crippen LogP contribution in [-0.2, 0) is 0 Å². The zero-order valence-corrected chi connectivity index (χ0v) is 19.0. The molecule has 170 valence electrons. The number of aliphatic imine (C=N–C) groups is 2. The van der Waals surface area contributed by atoms with E-state index in [1.807, 2.05) is 26.8 Å². The highest BCUT2D eigenvalue weighted by atomic mass is 19.1. The molecule has 7 heteroatoms. The summed E-state index contributed by atoms with van der Waals surface area (Å²) in [5.74, 6) is -0.800. The first kappa shape index (κ1) is 24.9. The average molecular weight is 439 g/mol. The van der Waals surface area contributed by atoms with Crippen LogP contribution in [0.4, 0.5) is 4.39 Å². The maximum Gasteiger partial charge on any atom is 0.189 e. The lowest BCUT2D eigenvalue weighted by Gasteiger charge is -2.23. The van der Waals surface area contributed by atoms with Crippen LogP contribution < -0.4 is 5.73 Å². The molecular weight excluding hydrogens is 407 g/mol. The smallest absolute Gasteiger partial charge is 0.189 e. The summed E-state index contributed by atoms with van der Waals surface area (Å²) in [6.45, 7) is 5.61. The summed E-state index contributed by atoms with van der Waals surface area (Å²) in [5, 5.41) is 9.51. The Morgan fingerprint density at radius 2 is 2.12 bits per heavy atom. The Morgan fingerprint density at radius 1 is 1.38 bits per heavy atom. The van der Waals surface area contributed by atoms with Gasteiger partial charge in [-0.05, 0) is 37.5 Å². The molecule has 0 bridgehead atoms. The number of benzene rings is 1. The Labute approximate surface area is 189 Å². The second kappa shape index (κ2) is 11.9. The molecule has 6 nitrogen and oxygen atoms in total. The monoisotopic (exact) mass is 438 g/mol. The van der Waals surface area contributed by atoms with Crippen LogP contribution in [0.5, 0.6) is 0 Å². The van der Waals surface area contributed by atoms with E-state index in [1.54, 1.807) is 48.8 Å². The average Bonchev–Trinajstić information content (AvgIpc) is 2.78. The SMILES string of the molecule is C/C=C\C=C(/CC)C(=O)c1ccc(/C(N=C[C@H](CC)CO)=C2\C(N)=NC=CN2C)c(F)c1. The predicted molar refractivity (Wildman–Crippen MR) is 129 cm³/mol. The van der Waals surface area contributed by atoms with Crippen LogP contribution >= 0.6 is 0 Å². The maximum absolute atomic E-state index is 15.3. The molecule has 1 aromatic rings. The molecule has 0 spiro atoms. The molecule has 0 saturated heterocycles. The zero-order chi connectivity index (χ0) is 23.7. The van der Waals surface area contributed by atoms with E-state index in [-0.39, 0.29) is 41.0 Å². The fraction of sp³-hybridized carbons (Fsp3) is 0.320. The third kappa shape index (κ3) is 5.88. The molecule has 0 fully saturated rings. The molecule has 1 aliphatic rings. The van der Waals surface area contributed by atoms with Crippen molar-refractivity contribution in [2.24, 2.45) is 21.6 Å². The first-order chi connectivity index (χ1) is 15.4. The molecule has 32 heavy (non-hydrogen) atoms. The van der Waals surface area contributed by atoms with Crippen LogP contribution in [-0.4, -0.2) is 41.5 Å². The number of rotatable bonds is 9. The zero-order valence-electron chi connectivity index (χ0n) is 19.0. The van der Waals surface area contributed by atoms with Gasteiger partial charge in [-0.25, -0.2) is 9.38 Å². The van der Waals surface area contributed by atoms with Crippen molar-refractivity contribution in [1.82, 2.24) is 4.90 Å². The second-order valence-corrected chi connectivity index (χ2v) is 7.34. The minimum absolute atomic E-state index is 0.0732. The number of ketones is 1. The van der Waals surface area contributed by atoms with Crippen LogP contribution in [0.3, 0.4) is 0 Å². The maximum atomic E-state index is 15.3. The van der Waals surface area contributed by atoms with Gasteiger partial charge in [-0.3, -0.25) is 9.79 Å². The molecule has 1 aliphatic heterocycles. The molecule has 1 aromatic carbocycles. The molecule has 0 amide bonds. The van der Waals surface area contributed by atoms with Gasteiger partial charge in [0, 0.05) is 42.7 Å². The predicted octanol–water partition coefficient (Wildman–Crippen LogP) is 4.45. The number of amidine groups is 1. The number of carbonyl (C=O) groups excluding carboxylic acids is 1. The van der Waals surface area contributed by atoms with Gasteiger partial charge < -0.3 is 15.7 Å². The summed E-state index contributed by atoms with van der Waals surface area (Å²) in [7, 11) is 1.77. The number of hydrogen-bond acceptors (Lipinski definition) is 6. The Balaban J connectivity index is 2.59. The summed E-state index contributed by atoms with van der Waals surface area (Å²) >= 11 is 0. The molecule has 0 radical (unpaired) electrons. The normalized spacial score (nSPS) is 17.2. The Kier molecular flexibility index (Phi) is 9.28. The van der Waals surface area contributed by atoms with Gasteiger partial charge in [0.15, 0.2) is 5.78 Å². The number of hydrogen-bond donors (Lipinski definition) is 2. The molecule has 2 rings (SSSR count). The minimum Gasteiger partial charge on any atom is -0.396 e. The van der Waals surface area contributed by atoms with Gasteiger partial charge in [0.25, 0.3) is 0 Å². The van der Waals surface area contributed by atoms with Crippen molar-refractivity contribution in [3.63, 3.8) is 0 Å². The summed E-state index contributed by atoms with van der Waals surface area (Å²) in [6, 6.07) is 4.35. The van der Waals surface area contributed by atoms with E-state index in [1.165, 1.54) is 12.1 Å². The van der Waals surface area contributed by atoms with E-state index < -0.39 is 5.82 Å². The number of likely N-dealkylation sites (N-methyl/N-ethyl adjacent to an activating group) is 1. The second-order valence-electron chi connectivity index (χ2n) is 7.34. The largest absolute Gasteiger partial charge is 0.396 e. The third-order valence-corrected chi connectivity index (χ3v) is 5.15. The van der Waals surface area contributed by atoms with Crippen molar-refractivity contribution >= 4 is 23.5 Å². The summed E-state index contributed by atoms with van der Waals surface area (Å²) in [5.41, 5.74) is 7.86. The highest BCUT2D eigenvalue weighted by molar-refractivity contribution is 6.09. The van der Waals surface area contributed by atoms with Gasteiger partial charge in [-0.15, -0.1) is 0 Å². The number of aliphatic hydroxyl groups is 1. The Bertz CT molecular complexity index is 1010. The molecule has 0 aliphatic carbocycles. The number of Topliss-reactive ketones (excluding diaryl/α,β-unsaturated/α-hetero) is 1. The third-order valence-electron chi connectivity index (χ3n) is 5.15. The van der Waals surface area contributed by atoms with Crippen LogP contribution in [0.2, 0.25) is 0 Å². The van der Waals surface area contributed by atoms with Gasteiger partial charge in [0.1, 0.15) is 23.0 Å². The van der Waals surface area contributed by atoms with Crippen molar-refractivity contribution in [3.8, 4) is 0 Å². The summed E-state index contributed by atoms with van der Waals surface area (Å²) in [6.07, 6.45) is 11.4. The molecule has 0 unspecified atom stereocenters. The van der Waals surface area contributed by atoms with E-state index in [2.05, 4.69) is 9.98 Å². The quantitative estimate of drug-likeness (QED) is 0.258. The van der Waals surface area contributed by atoms with E-state index >= 15 is 4.39 Å². The van der Waals surface area contributed by atoms with Gasteiger partial charge in [0.05, 0.1) is 6.61 Å². The molecule has 1 heterocycles. The van der Waals surface area contributed by atoms with E-state index in [9.17, 15) is 9.90 Å². The number of aliphatic hydroxyl groups excluding tert-OH is 1.